The van der Waals surface area contributed by atoms with E-state index in [0.29, 0.717) is 18.8 Å². The molecule has 128 valence electrons. The van der Waals surface area contributed by atoms with E-state index in [4.69, 9.17) is 0 Å². The van der Waals surface area contributed by atoms with Crippen LogP contribution in [0.15, 0.2) is 42.7 Å². The Hall–Kier alpha value is -2.89. The number of fused-ring (bicyclic) bond motifs is 1. The molecule has 25 heavy (non-hydrogen) atoms. The second-order valence-electron chi connectivity index (χ2n) is 6.34. The van der Waals surface area contributed by atoms with Crippen molar-refractivity contribution in [2.45, 2.75) is 25.8 Å². The number of nitrogens with one attached hydrogen (secondary N) is 2. The summed E-state index contributed by atoms with van der Waals surface area (Å²) in [5, 5.41) is 4.01. The number of H-pyrrole nitrogens is 1. The number of benzene rings is 1. The zero-order valence-electron chi connectivity index (χ0n) is 14.0. The summed E-state index contributed by atoms with van der Waals surface area (Å²) >= 11 is 0. The summed E-state index contributed by atoms with van der Waals surface area (Å²) in [7, 11) is 0. The van der Waals surface area contributed by atoms with Gasteiger partial charge in [-0.25, -0.2) is 9.97 Å². The fraction of sp³-hybridized carbons (Fsp3) is 0.316. The Morgan fingerprint density at radius 3 is 2.92 bits per heavy atom. The maximum absolute atomic E-state index is 12.3. The van der Waals surface area contributed by atoms with Crippen molar-refractivity contribution < 1.29 is 4.79 Å². The summed E-state index contributed by atoms with van der Waals surface area (Å²) in [5.74, 6) is 1.57. The fourth-order valence-electron chi connectivity index (χ4n) is 3.29. The topological polar surface area (TPSA) is 73.9 Å². The Labute approximate surface area is 146 Å². The third kappa shape index (κ3) is 3.47. The van der Waals surface area contributed by atoms with Crippen molar-refractivity contribution in [3.05, 3.63) is 54.1 Å². The Morgan fingerprint density at radius 1 is 1.20 bits per heavy atom. The highest BCUT2D eigenvalue weighted by Gasteiger charge is 2.14. The van der Waals surface area contributed by atoms with Crippen LogP contribution in [0.25, 0.3) is 10.9 Å². The molecule has 0 unspecified atom stereocenters. The van der Waals surface area contributed by atoms with Crippen LogP contribution in [0, 0.1) is 0 Å². The molecular weight excluding hydrogens is 314 g/mol. The van der Waals surface area contributed by atoms with Crippen molar-refractivity contribution in [1.82, 2.24) is 20.3 Å². The van der Waals surface area contributed by atoms with Crippen LogP contribution in [0.3, 0.4) is 0 Å². The molecule has 4 rings (SSSR count). The minimum Gasteiger partial charge on any atom is -0.361 e. The van der Waals surface area contributed by atoms with Gasteiger partial charge in [-0.2, -0.15) is 0 Å². The van der Waals surface area contributed by atoms with Gasteiger partial charge in [0.15, 0.2) is 0 Å². The van der Waals surface area contributed by atoms with E-state index in [1.165, 1.54) is 12.8 Å². The lowest BCUT2D eigenvalue weighted by Crippen LogP contribution is -2.26. The SMILES string of the molecule is O=C(Cc1c[nH]c2ccccc12)NCc1nccc(N2CCCC2)n1. The van der Waals surface area contributed by atoms with Gasteiger partial charge in [0, 0.05) is 36.4 Å². The van der Waals surface area contributed by atoms with Crippen molar-refractivity contribution in [1.29, 1.82) is 0 Å². The second-order valence-corrected chi connectivity index (χ2v) is 6.34. The maximum Gasteiger partial charge on any atom is 0.224 e. The average molecular weight is 335 g/mol. The van der Waals surface area contributed by atoms with E-state index in [1.54, 1.807) is 6.20 Å². The molecule has 2 N–H and O–H groups in total. The first-order valence-corrected chi connectivity index (χ1v) is 8.68. The molecule has 1 aliphatic rings. The summed E-state index contributed by atoms with van der Waals surface area (Å²) in [5.41, 5.74) is 2.05. The molecule has 1 saturated heterocycles. The number of nitrogens with zero attached hydrogens (tertiary/aromatic N) is 3. The first-order chi connectivity index (χ1) is 12.3. The number of amides is 1. The van der Waals surface area contributed by atoms with Crippen LogP contribution >= 0.6 is 0 Å². The largest absolute Gasteiger partial charge is 0.361 e. The number of aromatic amines is 1. The van der Waals surface area contributed by atoms with Crippen LogP contribution in [0.5, 0.6) is 0 Å². The number of anilines is 1. The molecule has 0 radical (unpaired) electrons. The lowest BCUT2D eigenvalue weighted by Gasteiger charge is -2.16. The zero-order chi connectivity index (χ0) is 17.1. The summed E-state index contributed by atoms with van der Waals surface area (Å²) in [6.07, 6.45) is 6.42. The highest BCUT2D eigenvalue weighted by Crippen LogP contribution is 2.18. The highest BCUT2D eigenvalue weighted by molar-refractivity contribution is 5.88. The Kier molecular flexibility index (Phi) is 4.33. The fourth-order valence-corrected chi connectivity index (χ4v) is 3.29. The van der Waals surface area contributed by atoms with Crippen molar-refractivity contribution in [2.75, 3.05) is 18.0 Å². The van der Waals surface area contributed by atoms with Crippen LogP contribution in [0.1, 0.15) is 24.2 Å². The van der Waals surface area contributed by atoms with E-state index in [0.717, 1.165) is 35.4 Å². The summed E-state index contributed by atoms with van der Waals surface area (Å²) in [6, 6.07) is 9.93. The smallest absolute Gasteiger partial charge is 0.224 e. The second kappa shape index (κ2) is 6.93. The van der Waals surface area contributed by atoms with Crippen LogP contribution in [0.4, 0.5) is 5.82 Å². The highest BCUT2D eigenvalue weighted by atomic mass is 16.1. The summed E-state index contributed by atoms with van der Waals surface area (Å²) in [6.45, 7) is 2.44. The van der Waals surface area contributed by atoms with Gasteiger partial charge in [-0.1, -0.05) is 18.2 Å². The number of hydrogen-bond acceptors (Lipinski definition) is 4. The van der Waals surface area contributed by atoms with E-state index < -0.39 is 0 Å². The van der Waals surface area contributed by atoms with Gasteiger partial charge in [0.05, 0.1) is 13.0 Å². The minimum atomic E-state index is -0.0278. The van der Waals surface area contributed by atoms with Gasteiger partial charge in [-0.05, 0) is 30.5 Å². The molecule has 3 heterocycles. The molecule has 6 heteroatoms. The van der Waals surface area contributed by atoms with E-state index in [1.807, 2.05) is 36.5 Å². The predicted octanol–water partition coefficient (Wildman–Crippen LogP) is 2.42. The van der Waals surface area contributed by atoms with Gasteiger partial charge in [-0.15, -0.1) is 0 Å². The monoisotopic (exact) mass is 335 g/mol. The van der Waals surface area contributed by atoms with Gasteiger partial charge >= 0.3 is 0 Å². The minimum absolute atomic E-state index is 0.0278. The van der Waals surface area contributed by atoms with Crippen molar-refractivity contribution >= 4 is 22.6 Å². The van der Waals surface area contributed by atoms with Gasteiger partial charge in [-0.3, -0.25) is 4.79 Å². The van der Waals surface area contributed by atoms with Crippen molar-refractivity contribution in [3.63, 3.8) is 0 Å². The molecule has 0 aliphatic carbocycles. The van der Waals surface area contributed by atoms with E-state index in [2.05, 4.69) is 25.2 Å². The lowest BCUT2D eigenvalue weighted by molar-refractivity contribution is -0.120. The summed E-state index contributed by atoms with van der Waals surface area (Å²) < 4.78 is 0. The molecule has 0 saturated carbocycles. The van der Waals surface area contributed by atoms with E-state index in [9.17, 15) is 4.79 Å². The molecule has 1 amide bonds. The number of aromatic nitrogens is 3. The molecule has 1 aromatic carbocycles. The number of para-hydroxylation sites is 1. The predicted molar refractivity (Wildman–Crippen MR) is 97.3 cm³/mol. The van der Waals surface area contributed by atoms with E-state index in [-0.39, 0.29) is 5.91 Å². The van der Waals surface area contributed by atoms with Crippen LogP contribution < -0.4 is 10.2 Å². The zero-order valence-corrected chi connectivity index (χ0v) is 14.0. The van der Waals surface area contributed by atoms with Gasteiger partial charge in [0.1, 0.15) is 11.6 Å². The molecular formula is C19H21N5O. The maximum atomic E-state index is 12.3. The third-order valence-electron chi connectivity index (χ3n) is 4.59. The van der Waals surface area contributed by atoms with Crippen LogP contribution in [-0.2, 0) is 17.8 Å². The third-order valence-corrected chi connectivity index (χ3v) is 4.59. The quantitative estimate of drug-likeness (QED) is 0.751. The van der Waals surface area contributed by atoms with Crippen molar-refractivity contribution in [2.24, 2.45) is 0 Å². The Bertz CT molecular complexity index is 882. The Morgan fingerprint density at radius 2 is 2.04 bits per heavy atom. The molecule has 6 nitrogen and oxygen atoms in total. The van der Waals surface area contributed by atoms with Crippen LogP contribution in [0.2, 0.25) is 0 Å². The van der Waals surface area contributed by atoms with Crippen LogP contribution in [-0.4, -0.2) is 33.9 Å². The van der Waals surface area contributed by atoms with Crippen molar-refractivity contribution in [3.8, 4) is 0 Å². The molecule has 3 aromatic rings. The number of carbonyl (C=O) groups is 1. The molecule has 2 aromatic heterocycles. The standard InChI is InChI=1S/C19H21N5O/c25-19(11-14-12-21-16-6-2-1-5-15(14)16)22-13-17-20-8-7-18(23-17)24-9-3-4-10-24/h1-2,5-8,12,21H,3-4,9-11,13H2,(H,22,25). The first kappa shape index (κ1) is 15.6. The Balaban J connectivity index is 1.38. The normalized spacial score (nSPS) is 14.2. The number of rotatable bonds is 5. The molecule has 1 aliphatic heterocycles. The van der Waals surface area contributed by atoms with Gasteiger partial charge < -0.3 is 15.2 Å². The molecule has 0 bridgehead atoms. The number of carbonyl (C=O) groups excluding carboxylic acids is 1. The summed E-state index contributed by atoms with van der Waals surface area (Å²) in [4.78, 5) is 26.6. The first-order valence-electron chi connectivity index (χ1n) is 8.68. The van der Waals surface area contributed by atoms with Gasteiger partial charge in [0.25, 0.3) is 0 Å². The average Bonchev–Trinajstić information content (AvgIpc) is 3.31. The lowest BCUT2D eigenvalue weighted by atomic mass is 10.1. The molecule has 0 spiro atoms. The van der Waals surface area contributed by atoms with E-state index >= 15 is 0 Å². The van der Waals surface area contributed by atoms with Gasteiger partial charge in [0.2, 0.25) is 5.91 Å². The molecule has 1 fully saturated rings. The number of hydrogen-bond donors (Lipinski definition) is 2. The molecule has 0 atom stereocenters.